The molecule has 3 heteroatoms. The zero-order valence-corrected chi connectivity index (χ0v) is 9.66. The van der Waals surface area contributed by atoms with E-state index in [0.717, 1.165) is 13.0 Å². The molecule has 0 saturated carbocycles. The number of ether oxygens (including phenoxy) is 2. The van der Waals surface area contributed by atoms with E-state index in [4.69, 9.17) is 14.6 Å². The Labute approximate surface area is 87.4 Å². The number of aliphatic hydroxyl groups is 1. The van der Waals surface area contributed by atoms with Gasteiger partial charge in [-0.15, -0.1) is 0 Å². The summed E-state index contributed by atoms with van der Waals surface area (Å²) in [6.45, 7) is 7.47. The van der Waals surface area contributed by atoms with Gasteiger partial charge < -0.3 is 14.6 Å². The first-order valence-corrected chi connectivity index (χ1v) is 5.54. The lowest BCUT2D eigenvalue weighted by Gasteiger charge is -2.16. The van der Waals surface area contributed by atoms with Crippen molar-refractivity contribution in [1.82, 2.24) is 0 Å². The van der Waals surface area contributed by atoms with Gasteiger partial charge in [-0.1, -0.05) is 19.8 Å². The van der Waals surface area contributed by atoms with Crippen molar-refractivity contribution in [3.8, 4) is 0 Å². The molecule has 0 fully saturated rings. The number of aliphatic hydroxyl groups excluding tert-OH is 1. The molecule has 0 saturated heterocycles. The van der Waals surface area contributed by atoms with Crippen LogP contribution in [0.5, 0.6) is 0 Å². The fourth-order valence-corrected chi connectivity index (χ4v) is 1.04. The quantitative estimate of drug-likeness (QED) is 0.584. The molecule has 0 spiro atoms. The van der Waals surface area contributed by atoms with Gasteiger partial charge in [0, 0.05) is 6.61 Å². The average molecular weight is 204 g/mol. The molecule has 0 rings (SSSR count). The highest BCUT2D eigenvalue weighted by Gasteiger charge is 2.05. The van der Waals surface area contributed by atoms with Gasteiger partial charge >= 0.3 is 0 Å². The first-order chi connectivity index (χ1) is 6.70. The maximum Gasteiger partial charge on any atom is 0.0780 e. The summed E-state index contributed by atoms with van der Waals surface area (Å²) in [5.41, 5.74) is 0. The standard InChI is InChI=1S/C11H24O3/c1-4-5-6-7-13-11(3)9-14-10(2)8-12/h10-12H,4-9H2,1-3H3. The molecule has 0 aliphatic carbocycles. The van der Waals surface area contributed by atoms with Crippen molar-refractivity contribution in [3.05, 3.63) is 0 Å². The Hall–Kier alpha value is -0.120. The van der Waals surface area contributed by atoms with E-state index in [-0.39, 0.29) is 18.8 Å². The lowest BCUT2D eigenvalue weighted by Crippen LogP contribution is -2.22. The zero-order chi connectivity index (χ0) is 10.8. The van der Waals surface area contributed by atoms with Gasteiger partial charge in [-0.2, -0.15) is 0 Å². The van der Waals surface area contributed by atoms with Crippen molar-refractivity contribution >= 4 is 0 Å². The van der Waals surface area contributed by atoms with E-state index in [1.807, 2.05) is 13.8 Å². The van der Waals surface area contributed by atoms with Crippen LogP contribution in [-0.4, -0.2) is 37.1 Å². The van der Waals surface area contributed by atoms with Gasteiger partial charge in [0.15, 0.2) is 0 Å². The largest absolute Gasteiger partial charge is 0.394 e. The summed E-state index contributed by atoms with van der Waals surface area (Å²) in [6.07, 6.45) is 3.60. The van der Waals surface area contributed by atoms with E-state index in [0.29, 0.717) is 6.61 Å². The number of hydrogen-bond donors (Lipinski definition) is 1. The maximum atomic E-state index is 8.73. The van der Waals surface area contributed by atoms with Crippen LogP contribution < -0.4 is 0 Å². The van der Waals surface area contributed by atoms with Crippen LogP contribution in [0.15, 0.2) is 0 Å². The minimum Gasteiger partial charge on any atom is -0.394 e. The van der Waals surface area contributed by atoms with Gasteiger partial charge in [-0.3, -0.25) is 0 Å². The molecule has 1 N–H and O–H groups in total. The summed E-state index contributed by atoms with van der Waals surface area (Å²) in [6, 6.07) is 0. The van der Waals surface area contributed by atoms with E-state index < -0.39 is 0 Å². The second-order valence-corrected chi connectivity index (χ2v) is 3.72. The smallest absolute Gasteiger partial charge is 0.0780 e. The Bertz CT molecular complexity index is 117. The van der Waals surface area contributed by atoms with Gasteiger partial charge in [0.05, 0.1) is 25.4 Å². The minimum atomic E-state index is -0.0864. The van der Waals surface area contributed by atoms with E-state index in [2.05, 4.69) is 6.92 Å². The topological polar surface area (TPSA) is 38.7 Å². The Morgan fingerprint density at radius 2 is 1.79 bits per heavy atom. The minimum absolute atomic E-state index is 0.0720. The molecule has 86 valence electrons. The van der Waals surface area contributed by atoms with Crippen molar-refractivity contribution in [3.63, 3.8) is 0 Å². The van der Waals surface area contributed by atoms with Crippen LogP contribution in [0.4, 0.5) is 0 Å². The Morgan fingerprint density at radius 1 is 1.07 bits per heavy atom. The highest BCUT2D eigenvalue weighted by atomic mass is 16.5. The van der Waals surface area contributed by atoms with E-state index in [1.165, 1.54) is 12.8 Å². The van der Waals surface area contributed by atoms with Crippen molar-refractivity contribution in [2.24, 2.45) is 0 Å². The molecule has 0 heterocycles. The van der Waals surface area contributed by atoms with Crippen molar-refractivity contribution in [2.75, 3.05) is 19.8 Å². The van der Waals surface area contributed by atoms with Crippen LogP contribution in [0.2, 0.25) is 0 Å². The summed E-state index contributed by atoms with van der Waals surface area (Å²) in [7, 11) is 0. The molecule has 0 aliphatic heterocycles. The molecule has 0 amide bonds. The Morgan fingerprint density at radius 3 is 2.36 bits per heavy atom. The highest BCUT2D eigenvalue weighted by Crippen LogP contribution is 2.00. The van der Waals surface area contributed by atoms with Gasteiger partial charge in [0.1, 0.15) is 0 Å². The molecule has 3 nitrogen and oxygen atoms in total. The number of hydrogen-bond acceptors (Lipinski definition) is 3. The van der Waals surface area contributed by atoms with Gasteiger partial charge in [0.2, 0.25) is 0 Å². The van der Waals surface area contributed by atoms with Crippen molar-refractivity contribution in [1.29, 1.82) is 0 Å². The molecule has 0 bridgehead atoms. The fourth-order valence-electron chi connectivity index (χ4n) is 1.04. The first-order valence-electron chi connectivity index (χ1n) is 5.54. The summed E-state index contributed by atoms with van der Waals surface area (Å²) in [4.78, 5) is 0. The van der Waals surface area contributed by atoms with Crippen LogP contribution in [0.1, 0.15) is 40.0 Å². The third-order valence-electron chi connectivity index (χ3n) is 2.02. The molecular weight excluding hydrogens is 180 g/mol. The van der Waals surface area contributed by atoms with Crippen LogP contribution in [0, 0.1) is 0 Å². The molecule has 0 aromatic heterocycles. The third kappa shape index (κ3) is 8.48. The van der Waals surface area contributed by atoms with E-state index in [9.17, 15) is 0 Å². The molecule has 14 heavy (non-hydrogen) atoms. The normalized spacial score (nSPS) is 15.4. The predicted molar refractivity (Wildman–Crippen MR) is 57.4 cm³/mol. The molecule has 2 atom stereocenters. The maximum absolute atomic E-state index is 8.73. The Kier molecular flexibility index (Phi) is 9.35. The summed E-state index contributed by atoms with van der Waals surface area (Å²) < 4.78 is 10.9. The summed E-state index contributed by atoms with van der Waals surface area (Å²) >= 11 is 0. The van der Waals surface area contributed by atoms with Crippen LogP contribution in [0.25, 0.3) is 0 Å². The number of unbranched alkanes of at least 4 members (excludes halogenated alkanes) is 2. The van der Waals surface area contributed by atoms with Gasteiger partial charge in [-0.25, -0.2) is 0 Å². The predicted octanol–water partition coefficient (Wildman–Crippen LogP) is 1.98. The first kappa shape index (κ1) is 13.9. The number of rotatable bonds is 9. The average Bonchev–Trinajstić information content (AvgIpc) is 2.21. The fraction of sp³-hybridized carbons (Fsp3) is 1.00. The Balaban J connectivity index is 3.23. The SMILES string of the molecule is CCCCCOC(C)COC(C)CO. The molecule has 0 radical (unpaired) electrons. The molecule has 0 aromatic rings. The van der Waals surface area contributed by atoms with E-state index in [1.54, 1.807) is 0 Å². The summed E-state index contributed by atoms with van der Waals surface area (Å²) in [5, 5.41) is 8.73. The molecule has 2 unspecified atom stereocenters. The van der Waals surface area contributed by atoms with Gasteiger partial charge in [-0.05, 0) is 20.3 Å². The lowest BCUT2D eigenvalue weighted by atomic mass is 10.3. The van der Waals surface area contributed by atoms with Crippen molar-refractivity contribution < 1.29 is 14.6 Å². The molecule has 0 aromatic carbocycles. The highest BCUT2D eigenvalue weighted by molar-refractivity contribution is 4.51. The monoisotopic (exact) mass is 204 g/mol. The second kappa shape index (κ2) is 9.44. The van der Waals surface area contributed by atoms with Crippen molar-refractivity contribution in [2.45, 2.75) is 52.2 Å². The van der Waals surface area contributed by atoms with Crippen LogP contribution >= 0.6 is 0 Å². The van der Waals surface area contributed by atoms with Gasteiger partial charge in [0.25, 0.3) is 0 Å². The second-order valence-electron chi connectivity index (χ2n) is 3.72. The zero-order valence-electron chi connectivity index (χ0n) is 9.66. The van der Waals surface area contributed by atoms with Crippen LogP contribution in [0.3, 0.4) is 0 Å². The molecule has 0 aliphatic rings. The third-order valence-corrected chi connectivity index (χ3v) is 2.02. The summed E-state index contributed by atoms with van der Waals surface area (Å²) in [5.74, 6) is 0. The van der Waals surface area contributed by atoms with E-state index >= 15 is 0 Å². The lowest BCUT2D eigenvalue weighted by molar-refractivity contribution is -0.0459. The molecular formula is C11H24O3. The van der Waals surface area contributed by atoms with Crippen LogP contribution in [-0.2, 0) is 9.47 Å².